The van der Waals surface area contributed by atoms with E-state index in [0.717, 1.165) is 70.4 Å². The van der Waals surface area contributed by atoms with Gasteiger partial charge in [-0.1, -0.05) is 0 Å². The summed E-state index contributed by atoms with van der Waals surface area (Å²) >= 11 is 0. The number of ether oxygens (including phenoxy) is 1. The van der Waals surface area contributed by atoms with E-state index in [1.54, 1.807) is 0 Å². The van der Waals surface area contributed by atoms with Crippen LogP contribution in [0.1, 0.15) is 66.1 Å². The fourth-order valence-electron chi connectivity index (χ4n) is 4.83. The van der Waals surface area contributed by atoms with Crippen molar-refractivity contribution in [1.82, 2.24) is 10.2 Å². The molecule has 0 aliphatic carbocycles. The van der Waals surface area contributed by atoms with E-state index in [1.807, 2.05) is 17.9 Å². The normalized spacial score (nSPS) is 25.5. The SMILES string of the molecule is Cc1cc(C2CCCNC2)oc(=O)c1C(=O)N1CCC2(CCOCC2)CC1. The molecule has 1 atom stereocenters. The number of likely N-dealkylation sites (tertiary alicyclic amines) is 1. The van der Waals surface area contributed by atoms with E-state index in [1.165, 1.54) is 0 Å². The number of hydrogen-bond acceptors (Lipinski definition) is 5. The summed E-state index contributed by atoms with van der Waals surface area (Å²) in [5.41, 5.74) is 0.799. The third-order valence-electron chi connectivity index (χ3n) is 6.75. The lowest BCUT2D eigenvalue weighted by Gasteiger charge is -2.44. The Balaban J connectivity index is 1.48. The summed E-state index contributed by atoms with van der Waals surface area (Å²) < 4.78 is 11.1. The first-order valence-corrected chi connectivity index (χ1v) is 10.3. The number of amides is 1. The van der Waals surface area contributed by atoms with Crippen molar-refractivity contribution in [2.45, 2.75) is 51.4 Å². The van der Waals surface area contributed by atoms with Gasteiger partial charge in [-0.05, 0) is 69.0 Å². The molecule has 1 amide bonds. The van der Waals surface area contributed by atoms with Gasteiger partial charge >= 0.3 is 5.63 Å². The molecule has 3 aliphatic heterocycles. The molecule has 3 aliphatic rings. The lowest BCUT2D eigenvalue weighted by molar-refractivity contribution is -0.0176. The van der Waals surface area contributed by atoms with E-state index in [2.05, 4.69) is 5.32 Å². The second-order valence-corrected chi connectivity index (χ2v) is 8.44. The molecule has 0 aromatic carbocycles. The molecule has 6 nitrogen and oxygen atoms in total. The topological polar surface area (TPSA) is 71.8 Å². The summed E-state index contributed by atoms with van der Waals surface area (Å²) in [6, 6.07) is 1.90. The minimum Gasteiger partial charge on any atom is -0.427 e. The molecule has 1 N–H and O–H groups in total. The quantitative estimate of drug-likeness (QED) is 0.861. The number of nitrogens with zero attached hydrogens (tertiary/aromatic N) is 1. The first-order valence-electron chi connectivity index (χ1n) is 10.3. The maximum absolute atomic E-state index is 13.0. The molecule has 27 heavy (non-hydrogen) atoms. The zero-order chi connectivity index (χ0) is 18.9. The molecule has 0 radical (unpaired) electrons. The second kappa shape index (κ2) is 7.76. The highest BCUT2D eigenvalue weighted by Gasteiger charge is 2.38. The third kappa shape index (κ3) is 3.83. The zero-order valence-corrected chi connectivity index (χ0v) is 16.2. The first-order chi connectivity index (χ1) is 13.1. The van der Waals surface area contributed by atoms with Crippen LogP contribution in [0.2, 0.25) is 0 Å². The highest BCUT2D eigenvalue weighted by molar-refractivity contribution is 5.95. The summed E-state index contributed by atoms with van der Waals surface area (Å²) in [5.74, 6) is 0.759. The Hall–Kier alpha value is -1.66. The van der Waals surface area contributed by atoms with E-state index in [9.17, 15) is 9.59 Å². The van der Waals surface area contributed by atoms with Gasteiger partial charge in [0.05, 0.1) is 0 Å². The van der Waals surface area contributed by atoms with Crippen LogP contribution in [0, 0.1) is 12.3 Å². The van der Waals surface area contributed by atoms with Crippen LogP contribution in [-0.2, 0) is 4.74 Å². The fraction of sp³-hybridized carbons (Fsp3) is 0.714. The number of hydrogen-bond donors (Lipinski definition) is 1. The van der Waals surface area contributed by atoms with Gasteiger partial charge in [0.2, 0.25) is 0 Å². The van der Waals surface area contributed by atoms with Crippen LogP contribution in [0.5, 0.6) is 0 Å². The van der Waals surface area contributed by atoms with E-state index >= 15 is 0 Å². The number of nitrogens with one attached hydrogen (secondary N) is 1. The molecule has 1 aromatic rings. The van der Waals surface area contributed by atoms with Gasteiger partial charge in [-0.2, -0.15) is 0 Å². The predicted molar refractivity (Wildman–Crippen MR) is 102 cm³/mol. The maximum atomic E-state index is 13.0. The first kappa shape index (κ1) is 18.7. The number of carbonyl (C=O) groups is 1. The lowest BCUT2D eigenvalue weighted by Crippen LogP contribution is -2.46. The summed E-state index contributed by atoms with van der Waals surface area (Å²) in [7, 11) is 0. The minimum absolute atomic E-state index is 0.170. The summed E-state index contributed by atoms with van der Waals surface area (Å²) in [5, 5.41) is 3.34. The Morgan fingerprint density at radius 2 is 1.96 bits per heavy atom. The molecule has 4 heterocycles. The van der Waals surface area contributed by atoms with Crippen LogP contribution in [0.4, 0.5) is 0 Å². The lowest BCUT2D eigenvalue weighted by atomic mass is 9.72. The second-order valence-electron chi connectivity index (χ2n) is 8.44. The van der Waals surface area contributed by atoms with Crippen LogP contribution in [0.15, 0.2) is 15.3 Å². The van der Waals surface area contributed by atoms with Gasteiger partial charge < -0.3 is 19.4 Å². The Kier molecular flexibility index (Phi) is 5.37. The van der Waals surface area contributed by atoms with Crippen molar-refractivity contribution in [2.75, 3.05) is 39.4 Å². The van der Waals surface area contributed by atoms with Crippen molar-refractivity contribution in [3.05, 3.63) is 33.4 Å². The minimum atomic E-state index is -0.480. The number of piperidine rings is 2. The van der Waals surface area contributed by atoms with Crippen molar-refractivity contribution < 1.29 is 13.9 Å². The van der Waals surface area contributed by atoms with Gasteiger partial charge in [0.1, 0.15) is 11.3 Å². The summed E-state index contributed by atoms with van der Waals surface area (Å²) in [6.07, 6.45) is 6.26. The van der Waals surface area contributed by atoms with Crippen molar-refractivity contribution in [2.24, 2.45) is 5.41 Å². The Morgan fingerprint density at radius 1 is 1.22 bits per heavy atom. The van der Waals surface area contributed by atoms with Crippen molar-refractivity contribution in [3.8, 4) is 0 Å². The van der Waals surface area contributed by atoms with Gasteiger partial charge in [-0.15, -0.1) is 0 Å². The Bertz CT molecular complexity index is 735. The molecule has 1 aromatic heterocycles. The van der Waals surface area contributed by atoms with Crippen molar-refractivity contribution in [3.63, 3.8) is 0 Å². The van der Waals surface area contributed by atoms with E-state index in [0.29, 0.717) is 24.3 Å². The van der Waals surface area contributed by atoms with Gasteiger partial charge in [0.25, 0.3) is 5.91 Å². The number of rotatable bonds is 2. The Morgan fingerprint density at radius 3 is 2.59 bits per heavy atom. The largest absolute Gasteiger partial charge is 0.427 e. The van der Waals surface area contributed by atoms with Gasteiger partial charge in [0, 0.05) is 38.8 Å². The molecule has 6 heteroatoms. The third-order valence-corrected chi connectivity index (χ3v) is 6.75. The average Bonchev–Trinajstić information content (AvgIpc) is 2.69. The molecule has 3 fully saturated rings. The summed E-state index contributed by atoms with van der Waals surface area (Å²) in [4.78, 5) is 27.5. The van der Waals surface area contributed by atoms with Crippen LogP contribution < -0.4 is 10.9 Å². The number of carbonyl (C=O) groups excluding carboxylic acids is 1. The zero-order valence-electron chi connectivity index (χ0n) is 16.2. The van der Waals surface area contributed by atoms with E-state index in [-0.39, 0.29) is 17.4 Å². The van der Waals surface area contributed by atoms with Crippen molar-refractivity contribution in [1.29, 1.82) is 0 Å². The fourth-order valence-corrected chi connectivity index (χ4v) is 4.83. The van der Waals surface area contributed by atoms with Gasteiger partial charge in [-0.3, -0.25) is 4.79 Å². The summed E-state index contributed by atoms with van der Waals surface area (Å²) in [6.45, 7) is 6.78. The van der Waals surface area contributed by atoms with Crippen LogP contribution in [-0.4, -0.2) is 50.2 Å². The number of aryl methyl sites for hydroxylation is 1. The molecular formula is C21H30N2O4. The molecule has 0 bridgehead atoms. The van der Waals surface area contributed by atoms with Crippen LogP contribution in [0.25, 0.3) is 0 Å². The highest BCUT2D eigenvalue weighted by Crippen LogP contribution is 2.40. The van der Waals surface area contributed by atoms with Crippen molar-refractivity contribution >= 4 is 5.91 Å². The molecule has 3 saturated heterocycles. The molecule has 1 spiro atoms. The standard InChI is InChI=1S/C21H30N2O4/c1-15-13-17(16-3-2-8-22-14-16)27-20(25)18(15)19(24)23-9-4-21(5-10-23)6-11-26-12-7-21/h13,16,22H,2-12,14H2,1H3. The molecular weight excluding hydrogens is 344 g/mol. The Labute approximate surface area is 160 Å². The molecule has 0 saturated carbocycles. The average molecular weight is 374 g/mol. The van der Waals surface area contributed by atoms with Gasteiger partial charge in [0.15, 0.2) is 0 Å². The maximum Gasteiger partial charge on any atom is 0.349 e. The van der Waals surface area contributed by atoms with Gasteiger partial charge in [-0.25, -0.2) is 4.79 Å². The highest BCUT2D eigenvalue weighted by atomic mass is 16.5. The predicted octanol–water partition coefficient (Wildman–Crippen LogP) is 2.45. The molecule has 1 unspecified atom stereocenters. The monoisotopic (exact) mass is 374 g/mol. The van der Waals surface area contributed by atoms with E-state index in [4.69, 9.17) is 9.15 Å². The smallest absolute Gasteiger partial charge is 0.349 e. The van der Waals surface area contributed by atoms with Crippen LogP contribution >= 0.6 is 0 Å². The molecule has 4 rings (SSSR count). The molecule has 148 valence electrons. The van der Waals surface area contributed by atoms with E-state index < -0.39 is 5.63 Å². The van der Waals surface area contributed by atoms with Crippen LogP contribution in [0.3, 0.4) is 0 Å².